The maximum absolute atomic E-state index is 11.7. The van der Waals surface area contributed by atoms with Crippen molar-refractivity contribution in [2.75, 3.05) is 6.61 Å². The van der Waals surface area contributed by atoms with E-state index in [1.165, 1.54) is 6.07 Å². The number of esters is 1. The van der Waals surface area contributed by atoms with Crippen LogP contribution in [-0.2, 0) is 16.0 Å². The van der Waals surface area contributed by atoms with Gasteiger partial charge in [0.1, 0.15) is 6.61 Å². The van der Waals surface area contributed by atoms with Crippen LogP contribution in [0.15, 0.2) is 24.3 Å². The van der Waals surface area contributed by atoms with E-state index in [1.807, 2.05) is 0 Å². The van der Waals surface area contributed by atoms with Crippen LogP contribution in [0.2, 0.25) is 0 Å². The summed E-state index contributed by atoms with van der Waals surface area (Å²) in [5.74, 6) is -0.671. The van der Waals surface area contributed by atoms with Gasteiger partial charge in [-0.1, -0.05) is 53.0 Å². The molecule has 0 radical (unpaired) electrons. The average molecular weight is 330 g/mol. The van der Waals surface area contributed by atoms with E-state index in [-0.39, 0.29) is 18.6 Å². The second kappa shape index (κ2) is 6.62. The summed E-state index contributed by atoms with van der Waals surface area (Å²) in [5, 5.41) is -0.573. The fourth-order valence-corrected chi connectivity index (χ4v) is 1.56. The molecule has 0 aliphatic heterocycles. The van der Waals surface area contributed by atoms with Gasteiger partial charge >= 0.3 is 5.97 Å². The third-order valence-electron chi connectivity index (χ3n) is 1.93. The van der Waals surface area contributed by atoms with E-state index in [0.717, 1.165) is 0 Å². The molecule has 0 saturated heterocycles. The van der Waals surface area contributed by atoms with Crippen LogP contribution in [0.1, 0.15) is 15.9 Å². The molecule has 0 spiro atoms. The molecular formula is C11H8Cl4O3. The van der Waals surface area contributed by atoms with Gasteiger partial charge < -0.3 is 4.74 Å². The van der Waals surface area contributed by atoms with Gasteiger partial charge in [-0.2, -0.15) is 0 Å². The number of alkyl halides is 3. The van der Waals surface area contributed by atoms with Crippen molar-refractivity contribution in [3.63, 3.8) is 0 Å². The Bertz CT molecular complexity index is 454. The Morgan fingerprint density at radius 2 is 1.78 bits per heavy atom. The molecule has 98 valence electrons. The summed E-state index contributed by atoms with van der Waals surface area (Å²) in [6, 6.07) is 6.43. The third-order valence-corrected chi connectivity index (χ3v) is 2.39. The molecule has 0 N–H and O–H groups in total. The summed E-state index contributed by atoms with van der Waals surface area (Å²) in [7, 11) is 0. The Morgan fingerprint density at radius 1 is 1.17 bits per heavy atom. The first-order chi connectivity index (χ1) is 8.29. The monoisotopic (exact) mass is 328 g/mol. The molecule has 1 rings (SSSR count). The first-order valence-corrected chi connectivity index (χ1v) is 6.31. The van der Waals surface area contributed by atoms with E-state index in [4.69, 9.17) is 51.1 Å². The standard InChI is InChI=1S/C11H8Cl4O3/c12-9(16)5-7-3-1-2-4-8(7)10(17)18-6-11(13,14)15/h1-4H,5-6H2. The van der Waals surface area contributed by atoms with E-state index < -0.39 is 15.0 Å². The highest BCUT2D eigenvalue weighted by Crippen LogP contribution is 2.26. The van der Waals surface area contributed by atoms with Gasteiger partial charge in [-0.3, -0.25) is 4.79 Å². The highest BCUT2D eigenvalue weighted by Gasteiger charge is 2.23. The molecule has 0 fully saturated rings. The molecule has 0 unspecified atom stereocenters. The van der Waals surface area contributed by atoms with E-state index in [1.54, 1.807) is 18.2 Å². The minimum absolute atomic E-state index is 0.0689. The maximum Gasteiger partial charge on any atom is 0.338 e. The number of ether oxygens (including phenoxy) is 1. The number of halogens is 4. The van der Waals surface area contributed by atoms with Crippen LogP contribution in [0, 0.1) is 0 Å². The highest BCUT2D eigenvalue weighted by atomic mass is 35.6. The summed E-state index contributed by atoms with van der Waals surface area (Å²) in [4.78, 5) is 22.6. The molecule has 0 amide bonds. The number of hydrogen-bond donors (Lipinski definition) is 0. The van der Waals surface area contributed by atoms with Gasteiger partial charge in [0, 0.05) is 6.42 Å². The Hall–Kier alpha value is -0.480. The van der Waals surface area contributed by atoms with E-state index in [2.05, 4.69) is 0 Å². The molecule has 3 nitrogen and oxygen atoms in total. The van der Waals surface area contributed by atoms with Crippen LogP contribution in [0.25, 0.3) is 0 Å². The lowest BCUT2D eigenvalue weighted by Crippen LogP contribution is -2.18. The van der Waals surface area contributed by atoms with E-state index in [9.17, 15) is 9.59 Å². The highest BCUT2D eigenvalue weighted by molar-refractivity contribution is 6.67. The summed E-state index contributed by atoms with van der Waals surface area (Å²) in [5.41, 5.74) is 0.688. The fourth-order valence-electron chi connectivity index (χ4n) is 1.25. The first-order valence-electron chi connectivity index (χ1n) is 4.79. The van der Waals surface area contributed by atoms with Crippen molar-refractivity contribution in [3.05, 3.63) is 35.4 Å². The lowest BCUT2D eigenvalue weighted by Gasteiger charge is -2.12. The van der Waals surface area contributed by atoms with Gasteiger partial charge in [-0.15, -0.1) is 0 Å². The molecular weight excluding hydrogens is 322 g/mol. The third kappa shape index (κ3) is 5.44. The molecule has 0 atom stereocenters. The van der Waals surface area contributed by atoms with Crippen molar-refractivity contribution in [2.24, 2.45) is 0 Å². The van der Waals surface area contributed by atoms with Crippen LogP contribution in [0.3, 0.4) is 0 Å². The largest absolute Gasteiger partial charge is 0.458 e. The summed E-state index contributed by atoms with van der Waals surface area (Å²) in [6.07, 6.45) is -0.0689. The van der Waals surface area contributed by atoms with E-state index in [0.29, 0.717) is 5.56 Å². The normalized spacial score (nSPS) is 11.1. The van der Waals surface area contributed by atoms with Crippen molar-refractivity contribution in [1.29, 1.82) is 0 Å². The minimum Gasteiger partial charge on any atom is -0.458 e. The van der Waals surface area contributed by atoms with Crippen molar-refractivity contribution in [3.8, 4) is 0 Å². The number of rotatable bonds is 4. The number of carbonyl (C=O) groups is 2. The lowest BCUT2D eigenvalue weighted by atomic mass is 10.1. The Morgan fingerprint density at radius 3 is 2.33 bits per heavy atom. The smallest absolute Gasteiger partial charge is 0.338 e. The summed E-state index contributed by atoms with van der Waals surface area (Å²) < 4.78 is 3.15. The van der Waals surface area contributed by atoms with E-state index >= 15 is 0 Å². The molecule has 0 bridgehead atoms. The topological polar surface area (TPSA) is 43.4 Å². The second-order valence-electron chi connectivity index (χ2n) is 3.38. The Balaban J connectivity index is 2.82. The molecule has 0 aromatic heterocycles. The first kappa shape index (κ1) is 15.6. The molecule has 1 aromatic carbocycles. The molecule has 1 aromatic rings. The molecule has 0 heterocycles. The quantitative estimate of drug-likeness (QED) is 0.482. The molecule has 7 heteroatoms. The average Bonchev–Trinajstić information content (AvgIpc) is 2.25. The van der Waals surface area contributed by atoms with Gasteiger partial charge in [0.25, 0.3) is 0 Å². The number of hydrogen-bond acceptors (Lipinski definition) is 3. The molecule has 0 saturated carbocycles. The number of carbonyl (C=O) groups excluding carboxylic acids is 2. The zero-order valence-corrected chi connectivity index (χ0v) is 12.0. The van der Waals surface area contributed by atoms with Gasteiger partial charge in [0.2, 0.25) is 9.03 Å². The second-order valence-corrected chi connectivity index (χ2v) is 6.32. The number of benzene rings is 1. The minimum atomic E-state index is -1.67. The van der Waals surface area contributed by atoms with Crippen LogP contribution in [-0.4, -0.2) is 21.6 Å². The van der Waals surface area contributed by atoms with Gasteiger partial charge in [0.15, 0.2) is 0 Å². The molecule has 0 aliphatic carbocycles. The zero-order chi connectivity index (χ0) is 13.8. The van der Waals surface area contributed by atoms with Crippen molar-refractivity contribution in [1.82, 2.24) is 0 Å². The molecule has 18 heavy (non-hydrogen) atoms. The Kier molecular flexibility index (Phi) is 5.73. The lowest BCUT2D eigenvalue weighted by molar-refractivity contribution is -0.111. The SMILES string of the molecule is O=C(Cl)Cc1ccccc1C(=O)OCC(Cl)(Cl)Cl. The van der Waals surface area contributed by atoms with Crippen molar-refractivity contribution >= 4 is 57.6 Å². The van der Waals surface area contributed by atoms with Crippen molar-refractivity contribution in [2.45, 2.75) is 10.2 Å². The maximum atomic E-state index is 11.7. The van der Waals surface area contributed by atoms with Crippen LogP contribution in [0.5, 0.6) is 0 Å². The van der Waals surface area contributed by atoms with Gasteiger partial charge in [-0.25, -0.2) is 4.79 Å². The van der Waals surface area contributed by atoms with Gasteiger partial charge in [0.05, 0.1) is 5.56 Å². The van der Waals surface area contributed by atoms with Gasteiger partial charge in [-0.05, 0) is 23.2 Å². The Labute approximate surface area is 124 Å². The zero-order valence-electron chi connectivity index (χ0n) is 8.96. The van der Waals surface area contributed by atoms with Crippen molar-refractivity contribution < 1.29 is 14.3 Å². The summed E-state index contributed by atoms with van der Waals surface area (Å²) >= 11 is 21.7. The predicted molar refractivity (Wildman–Crippen MR) is 71.6 cm³/mol. The fraction of sp³-hybridized carbons (Fsp3) is 0.273. The summed E-state index contributed by atoms with van der Waals surface area (Å²) in [6.45, 7) is -0.375. The molecule has 0 aliphatic rings. The van der Waals surface area contributed by atoms with Crippen LogP contribution >= 0.6 is 46.4 Å². The predicted octanol–water partition coefficient (Wildman–Crippen LogP) is 3.52. The van der Waals surface area contributed by atoms with Crippen LogP contribution in [0.4, 0.5) is 0 Å². The van der Waals surface area contributed by atoms with Crippen LogP contribution < -0.4 is 0 Å².